The number of benzene rings is 1. The highest BCUT2D eigenvalue weighted by Crippen LogP contribution is 2.40. The Morgan fingerprint density at radius 2 is 2.00 bits per heavy atom. The molecule has 0 fully saturated rings. The maximum Gasteiger partial charge on any atom is 0.236 e. The van der Waals surface area contributed by atoms with Gasteiger partial charge in [0.1, 0.15) is 0 Å². The third kappa shape index (κ3) is 1.28. The molecule has 80 valence electrons. The SMILES string of the molecule is CCc1ccc2c(c1)C(C)(C)C(=O)N2C. The molecule has 0 unspecified atom stereocenters. The average molecular weight is 203 g/mol. The van der Waals surface area contributed by atoms with E-state index in [1.807, 2.05) is 20.9 Å². The number of fused-ring (bicyclic) bond motifs is 1. The van der Waals surface area contributed by atoms with Crippen LogP contribution in [0.5, 0.6) is 0 Å². The first kappa shape index (κ1) is 10.2. The molecule has 1 aliphatic heterocycles. The number of rotatable bonds is 1. The first-order chi connectivity index (χ1) is 6.98. The molecule has 2 rings (SSSR count). The topological polar surface area (TPSA) is 20.3 Å². The number of hydrogen-bond donors (Lipinski definition) is 0. The number of nitrogens with zero attached hydrogens (tertiary/aromatic N) is 1. The molecule has 0 saturated heterocycles. The van der Waals surface area contributed by atoms with Crippen LogP contribution < -0.4 is 4.90 Å². The summed E-state index contributed by atoms with van der Waals surface area (Å²) >= 11 is 0. The van der Waals surface area contributed by atoms with E-state index in [-0.39, 0.29) is 11.3 Å². The van der Waals surface area contributed by atoms with Crippen molar-refractivity contribution in [2.24, 2.45) is 0 Å². The lowest BCUT2D eigenvalue weighted by atomic mass is 9.85. The minimum absolute atomic E-state index is 0.186. The van der Waals surface area contributed by atoms with Crippen LogP contribution in [0.4, 0.5) is 5.69 Å². The van der Waals surface area contributed by atoms with Gasteiger partial charge in [0.05, 0.1) is 5.41 Å². The lowest BCUT2D eigenvalue weighted by molar-refractivity contribution is -0.121. The highest BCUT2D eigenvalue weighted by Gasteiger charge is 2.41. The molecular formula is C13H17NO. The van der Waals surface area contributed by atoms with E-state index >= 15 is 0 Å². The maximum atomic E-state index is 12.0. The molecule has 0 saturated carbocycles. The van der Waals surface area contributed by atoms with Gasteiger partial charge in [0.25, 0.3) is 0 Å². The van der Waals surface area contributed by atoms with E-state index in [9.17, 15) is 4.79 Å². The van der Waals surface area contributed by atoms with E-state index < -0.39 is 0 Å². The van der Waals surface area contributed by atoms with Crippen molar-refractivity contribution < 1.29 is 4.79 Å². The van der Waals surface area contributed by atoms with Crippen LogP contribution >= 0.6 is 0 Å². The summed E-state index contributed by atoms with van der Waals surface area (Å²) in [7, 11) is 1.85. The lowest BCUT2D eigenvalue weighted by Crippen LogP contribution is -2.33. The van der Waals surface area contributed by atoms with E-state index in [1.165, 1.54) is 5.56 Å². The molecule has 1 amide bonds. The molecule has 0 atom stereocenters. The first-order valence-electron chi connectivity index (χ1n) is 5.40. The Labute approximate surface area is 90.9 Å². The number of carbonyl (C=O) groups excluding carboxylic acids is 1. The third-order valence-electron chi connectivity index (χ3n) is 3.34. The van der Waals surface area contributed by atoms with E-state index in [4.69, 9.17) is 0 Å². The van der Waals surface area contributed by atoms with Crippen LogP contribution in [-0.4, -0.2) is 13.0 Å². The van der Waals surface area contributed by atoms with Crippen LogP contribution in [0.15, 0.2) is 18.2 Å². The van der Waals surface area contributed by atoms with Crippen molar-refractivity contribution in [3.8, 4) is 0 Å². The van der Waals surface area contributed by atoms with Gasteiger partial charge in [-0.15, -0.1) is 0 Å². The highest BCUT2D eigenvalue weighted by atomic mass is 16.2. The second-order valence-corrected chi connectivity index (χ2v) is 4.69. The smallest absolute Gasteiger partial charge is 0.236 e. The van der Waals surface area contributed by atoms with Crippen LogP contribution in [0.3, 0.4) is 0 Å². The van der Waals surface area contributed by atoms with E-state index in [0.29, 0.717) is 0 Å². The minimum Gasteiger partial charge on any atom is -0.314 e. The minimum atomic E-state index is -0.366. The van der Waals surface area contributed by atoms with Gasteiger partial charge in [-0.1, -0.05) is 19.1 Å². The molecule has 1 aliphatic rings. The van der Waals surface area contributed by atoms with Crippen molar-refractivity contribution in [1.29, 1.82) is 0 Å². The largest absolute Gasteiger partial charge is 0.314 e. The number of anilines is 1. The van der Waals surface area contributed by atoms with Crippen molar-refractivity contribution >= 4 is 11.6 Å². The zero-order valence-electron chi connectivity index (χ0n) is 9.79. The van der Waals surface area contributed by atoms with Crippen molar-refractivity contribution in [3.05, 3.63) is 29.3 Å². The van der Waals surface area contributed by atoms with Gasteiger partial charge in [0.15, 0.2) is 0 Å². The molecule has 0 aliphatic carbocycles. The summed E-state index contributed by atoms with van der Waals surface area (Å²) < 4.78 is 0. The summed E-state index contributed by atoms with van der Waals surface area (Å²) in [5.41, 5.74) is 3.15. The number of carbonyl (C=O) groups is 1. The normalized spacial score (nSPS) is 18.1. The maximum absolute atomic E-state index is 12.0. The predicted molar refractivity (Wildman–Crippen MR) is 62.3 cm³/mol. The molecule has 15 heavy (non-hydrogen) atoms. The Hall–Kier alpha value is -1.31. The van der Waals surface area contributed by atoms with Gasteiger partial charge in [-0.3, -0.25) is 4.79 Å². The summed E-state index contributed by atoms with van der Waals surface area (Å²) in [5.74, 6) is 0.186. The Bertz CT molecular complexity index is 421. The van der Waals surface area contributed by atoms with Gasteiger partial charge >= 0.3 is 0 Å². The van der Waals surface area contributed by atoms with Gasteiger partial charge in [0, 0.05) is 12.7 Å². The lowest BCUT2D eigenvalue weighted by Gasteiger charge is -2.16. The molecule has 0 aromatic heterocycles. The molecule has 0 radical (unpaired) electrons. The standard InChI is InChI=1S/C13H17NO/c1-5-9-6-7-11-10(8-9)13(2,3)12(15)14(11)4/h6-8H,5H2,1-4H3. The first-order valence-corrected chi connectivity index (χ1v) is 5.40. The van der Waals surface area contributed by atoms with Crippen molar-refractivity contribution in [1.82, 2.24) is 0 Å². The molecule has 1 aromatic rings. The zero-order valence-corrected chi connectivity index (χ0v) is 9.79. The molecule has 0 spiro atoms. The monoisotopic (exact) mass is 203 g/mol. The summed E-state index contributed by atoms with van der Waals surface area (Å²) in [4.78, 5) is 13.8. The van der Waals surface area contributed by atoms with Gasteiger partial charge in [0.2, 0.25) is 5.91 Å². The van der Waals surface area contributed by atoms with Crippen molar-refractivity contribution in [2.45, 2.75) is 32.6 Å². The second-order valence-electron chi connectivity index (χ2n) is 4.69. The fraction of sp³-hybridized carbons (Fsp3) is 0.462. The summed E-state index contributed by atoms with van der Waals surface area (Å²) in [6, 6.07) is 6.32. The Morgan fingerprint density at radius 1 is 1.33 bits per heavy atom. The van der Waals surface area contributed by atoms with E-state index in [2.05, 4.69) is 25.1 Å². The Kier molecular flexibility index (Phi) is 2.10. The molecule has 2 nitrogen and oxygen atoms in total. The van der Waals surface area contributed by atoms with E-state index in [1.54, 1.807) is 4.90 Å². The van der Waals surface area contributed by atoms with Crippen LogP contribution in [0.1, 0.15) is 31.9 Å². The summed E-state index contributed by atoms with van der Waals surface area (Å²) in [6.07, 6.45) is 1.02. The zero-order chi connectivity index (χ0) is 11.2. The molecule has 1 aromatic carbocycles. The van der Waals surface area contributed by atoms with Gasteiger partial charge in [-0.25, -0.2) is 0 Å². The molecule has 0 N–H and O–H groups in total. The van der Waals surface area contributed by atoms with Crippen molar-refractivity contribution in [2.75, 3.05) is 11.9 Å². The Balaban J connectivity index is 2.62. The number of likely N-dealkylation sites (N-methyl/N-ethyl adjacent to an activating group) is 1. The Morgan fingerprint density at radius 3 is 2.60 bits per heavy atom. The number of hydrogen-bond acceptors (Lipinski definition) is 1. The summed E-state index contributed by atoms with van der Waals surface area (Å²) in [5, 5.41) is 0. The van der Waals surface area contributed by atoms with Gasteiger partial charge in [-0.05, 0) is 37.5 Å². The predicted octanol–water partition coefficient (Wildman–Crippen LogP) is 2.50. The quantitative estimate of drug-likeness (QED) is 0.686. The van der Waals surface area contributed by atoms with Crippen LogP contribution in [0.25, 0.3) is 0 Å². The number of aryl methyl sites for hydroxylation is 1. The van der Waals surface area contributed by atoms with Gasteiger partial charge in [-0.2, -0.15) is 0 Å². The van der Waals surface area contributed by atoms with Gasteiger partial charge < -0.3 is 4.90 Å². The average Bonchev–Trinajstić information content (AvgIpc) is 2.40. The fourth-order valence-corrected chi connectivity index (χ4v) is 2.24. The van der Waals surface area contributed by atoms with Crippen LogP contribution in [0.2, 0.25) is 0 Å². The van der Waals surface area contributed by atoms with Crippen LogP contribution in [0, 0.1) is 0 Å². The highest BCUT2D eigenvalue weighted by molar-refractivity contribution is 6.07. The summed E-state index contributed by atoms with van der Waals surface area (Å²) in [6.45, 7) is 6.13. The second kappa shape index (κ2) is 3.09. The molecule has 0 bridgehead atoms. The van der Waals surface area contributed by atoms with Crippen molar-refractivity contribution in [3.63, 3.8) is 0 Å². The van der Waals surface area contributed by atoms with E-state index in [0.717, 1.165) is 17.7 Å². The fourth-order valence-electron chi connectivity index (χ4n) is 2.24. The third-order valence-corrected chi connectivity index (χ3v) is 3.34. The molecule has 1 heterocycles. The number of amides is 1. The molecular weight excluding hydrogens is 186 g/mol. The molecule has 2 heteroatoms. The van der Waals surface area contributed by atoms with Crippen LogP contribution in [-0.2, 0) is 16.6 Å².